The van der Waals surface area contributed by atoms with Crippen molar-refractivity contribution in [2.24, 2.45) is 0 Å². The van der Waals surface area contributed by atoms with E-state index in [1.807, 2.05) is 0 Å². The summed E-state index contributed by atoms with van der Waals surface area (Å²) in [5, 5.41) is 7.56. The molecule has 90 valence electrons. The smallest absolute Gasteiger partial charge is 0.0224 e. The van der Waals surface area contributed by atoms with Crippen LogP contribution >= 0.6 is 0 Å². The van der Waals surface area contributed by atoms with Gasteiger partial charge in [-0.25, -0.2) is 0 Å². The molecule has 0 aromatic heterocycles. The van der Waals surface area contributed by atoms with Gasteiger partial charge in [0.25, 0.3) is 0 Å². The lowest BCUT2D eigenvalue weighted by Gasteiger charge is -2.38. The maximum atomic E-state index is 3.83. The fourth-order valence-electron chi connectivity index (χ4n) is 2.66. The fourth-order valence-corrected chi connectivity index (χ4v) is 2.66. The molecule has 3 atom stereocenters. The summed E-state index contributed by atoms with van der Waals surface area (Å²) in [5.74, 6) is 0. The summed E-state index contributed by atoms with van der Waals surface area (Å²) in [6, 6.07) is 2.13. The van der Waals surface area contributed by atoms with Crippen molar-refractivity contribution in [1.29, 1.82) is 0 Å². The van der Waals surface area contributed by atoms with Crippen molar-refractivity contribution in [3.8, 4) is 0 Å². The molecule has 0 aromatic carbocycles. The molecule has 15 heavy (non-hydrogen) atoms. The zero-order valence-corrected chi connectivity index (χ0v) is 10.7. The highest BCUT2D eigenvalue weighted by molar-refractivity contribution is 4.91. The third-order valence-electron chi connectivity index (χ3n) is 3.40. The first kappa shape index (κ1) is 13.0. The van der Waals surface area contributed by atoms with Crippen molar-refractivity contribution in [1.82, 2.24) is 10.6 Å². The summed E-state index contributed by atoms with van der Waals surface area (Å²) >= 11 is 0. The Morgan fingerprint density at radius 1 is 0.867 bits per heavy atom. The predicted molar refractivity (Wildman–Crippen MR) is 67.2 cm³/mol. The monoisotopic (exact) mass is 212 g/mol. The molecule has 2 heteroatoms. The van der Waals surface area contributed by atoms with Crippen LogP contribution in [-0.2, 0) is 0 Å². The summed E-state index contributed by atoms with van der Waals surface area (Å²) in [5.41, 5.74) is 0. The molecule has 1 saturated heterocycles. The first-order valence-corrected chi connectivity index (χ1v) is 6.81. The summed E-state index contributed by atoms with van der Waals surface area (Å²) < 4.78 is 0. The highest BCUT2D eigenvalue weighted by Gasteiger charge is 2.27. The molecule has 0 aromatic rings. The lowest BCUT2D eigenvalue weighted by Crippen LogP contribution is -2.60. The minimum Gasteiger partial charge on any atom is -0.311 e. The van der Waals surface area contributed by atoms with E-state index < -0.39 is 0 Å². The van der Waals surface area contributed by atoms with Gasteiger partial charge in [-0.15, -0.1) is 0 Å². The molecule has 1 rings (SSSR count). The van der Waals surface area contributed by atoms with E-state index in [-0.39, 0.29) is 0 Å². The normalized spacial score (nSPS) is 31.8. The van der Waals surface area contributed by atoms with E-state index in [2.05, 4.69) is 31.4 Å². The molecular formula is C13H28N2. The second kappa shape index (κ2) is 7.24. The Morgan fingerprint density at radius 3 is 2.07 bits per heavy atom. The van der Waals surface area contributed by atoms with Crippen molar-refractivity contribution >= 4 is 0 Å². The summed E-state index contributed by atoms with van der Waals surface area (Å²) in [4.78, 5) is 0. The van der Waals surface area contributed by atoms with Gasteiger partial charge < -0.3 is 10.6 Å². The summed E-state index contributed by atoms with van der Waals surface area (Å²) in [7, 11) is 0. The van der Waals surface area contributed by atoms with Gasteiger partial charge in [0.15, 0.2) is 0 Å². The second-order valence-corrected chi connectivity index (χ2v) is 4.85. The van der Waals surface area contributed by atoms with Crippen LogP contribution in [0.3, 0.4) is 0 Å². The molecule has 2 N–H and O–H groups in total. The molecule has 1 aliphatic heterocycles. The van der Waals surface area contributed by atoms with Gasteiger partial charge in [0.05, 0.1) is 0 Å². The van der Waals surface area contributed by atoms with E-state index in [4.69, 9.17) is 0 Å². The number of hydrogen-bond acceptors (Lipinski definition) is 2. The van der Waals surface area contributed by atoms with E-state index in [1.54, 1.807) is 0 Å². The largest absolute Gasteiger partial charge is 0.311 e. The third-order valence-corrected chi connectivity index (χ3v) is 3.40. The minimum atomic E-state index is 0.708. The molecular weight excluding hydrogens is 184 g/mol. The van der Waals surface area contributed by atoms with Gasteiger partial charge in [-0.05, 0) is 19.3 Å². The Balaban J connectivity index is 2.41. The summed E-state index contributed by atoms with van der Waals surface area (Å²) in [6.07, 6.45) is 7.81. The van der Waals surface area contributed by atoms with Crippen LogP contribution in [0.4, 0.5) is 0 Å². The average molecular weight is 212 g/mol. The van der Waals surface area contributed by atoms with Gasteiger partial charge >= 0.3 is 0 Å². The van der Waals surface area contributed by atoms with Gasteiger partial charge in [-0.1, -0.05) is 40.0 Å². The Bertz CT molecular complexity index is 159. The molecule has 1 heterocycles. The Kier molecular flexibility index (Phi) is 6.26. The topological polar surface area (TPSA) is 24.1 Å². The van der Waals surface area contributed by atoms with E-state index in [0.29, 0.717) is 18.1 Å². The van der Waals surface area contributed by atoms with Crippen molar-refractivity contribution in [2.75, 3.05) is 6.54 Å². The highest BCUT2D eigenvalue weighted by atomic mass is 15.1. The van der Waals surface area contributed by atoms with E-state index in [1.165, 1.54) is 45.1 Å². The number of nitrogens with one attached hydrogen (secondary N) is 2. The van der Waals surface area contributed by atoms with Gasteiger partial charge in [-0.3, -0.25) is 0 Å². The number of rotatable bonds is 6. The molecule has 0 radical (unpaired) electrons. The van der Waals surface area contributed by atoms with Gasteiger partial charge in [-0.2, -0.15) is 0 Å². The predicted octanol–water partition coefficient (Wildman–Crippen LogP) is 2.69. The number of piperazine rings is 1. The van der Waals surface area contributed by atoms with Gasteiger partial charge in [0, 0.05) is 24.7 Å². The quantitative estimate of drug-likeness (QED) is 0.707. The van der Waals surface area contributed by atoms with Crippen molar-refractivity contribution in [2.45, 2.75) is 77.4 Å². The molecule has 1 aliphatic rings. The first-order chi connectivity index (χ1) is 7.31. The molecule has 0 bridgehead atoms. The summed E-state index contributed by atoms with van der Waals surface area (Å²) in [6.45, 7) is 8.00. The first-order valence-electron chi connectivity index (χ1n) is 6.81. The SMILES string of the molecule is CCCC1CNC(CCC)C(CCC)N1. The van der Waals surface area contributed by atoms with Crippen LogP contribution in [0, 0.1) is 0 Å². The number of hydrogen-bond donors (Lipinski definition) is 2. The average Bonchev–Trinajstić information content (AvgIpc) is 2.23. The molecule has 0 spiro atoms. The van der Waals surface area contributed by atoms with E-state index in [9.17, 15) is 0 Å². The maximum Gasteiger partial charge on any atom is 0.0224 e. The Morgan fingerprint density at radius 2 is 1.47 bits per heavy atom. The van der Waals surface area contributed by atoms with Crippen molar-refractivity contribution < 1.29 is 0 Å². The lowest BCUT2D eigenvalue weighted by molar-refractivity contribution is 0.236. The van der Waals surface area contributed by atoms with Crippen LogP contribution in [0.15, 0.2) is 0 Å². The Hall–Kier alpha value is -0.0800. The second-order valence-electron chi connectivity index (χ2n) is 4.85. The van der Waals surface area contributed by atoms with Gasteiger partial charge in [0.1, 0.15) is 0 Å². The van der Waals surface area contributed by atoms with Crippen LogP contribution in [-0.4, -0.2) is 24.7 Å². The van der Waals surface area contributed by atoms with Crippen LogP contribution in [0.1, 0.15) is 59.3 Å². The molecule has 2 nitrogen and oxygen atoms in total. The van der Waals surface area contributed by atoms with Crippen LogP contribution in [0.5, 0.6) is 0 Å². The standard InChI is InChI=1S/C13H28N2/c1-4-7-11-10-14-12(8-5-2)13(15-11)9-6-3/h11-15H,4-10H2,1-3H3. The highest BCUT2D eigenvalue weighted by Crippen LogP contribution is 2.14. The molecule has 0 aliphatic carbocycles. The lowest BCUT2D eigenvalue weighted by atomic mass is 9.94. The third kappa shape index (κ3) is 4.12. The molecule has 0 saturated carbocycles. The molecule has 1 fully saturated rings. The Labute approximate surface area is 95.2 Å². The molecule has 3 unspecified atom stereocenters. The van der Waals surface area contributed by atoms with Gasteiger partial charge in [0.2, 0.25) is 0 Å². The van der Waals surface area contributed by atoms with Crippen molar-refractivity contribution in [3.63, 3.8) is 0 Å². The minimum absolute atomic E-state index is 0.708. The van der Waals surface area contributed by atoms with E-state index in [0.717, 1.165) is 0 Å². The maximum absolute atomic E-state index is 3.83. The van der Waals surface area contributed by atoms with Crippen LogP contribution in [0.2, 0.25) is 0 Å². The zero-order valence-electron chi connectivity index (χ0n) is 10.7. The van der Waals surface area contributed by atoms with Crippen LogP contribution < -0.4 is 10.6 Å². The van der Waals surface area contributed by atoms with Crippen molar-refractivity contribution in [3.05, 3.63) is 0 Å². The zero-order chi connectivity index (χ0) is 11.1. The molecule has 0 amide bonds. The van der Waals surface area contributed by atoms with E-state index >= 15 is 0 Å². The van der Waals surface area contributed by atoms with Crippen LogP contribution in [0.25, 0.3) is 0 Å². The fraction of sp³-hybridized carbons (Fsp3) is 1.00.